The van der Waals surface area contributed by atoms with E-state index in [1.807, 2.05) is 30.3 Å². The van der Waals surface area contributed by atoms with Gasteiger partial charge in [-0.2, -0.15) is 0 Å². The van der Waals surface area contributed by atoms with Crippen LogP contribution < -0.4 is 0 Å². The molecule has 0 bridgehead atoms. The zero-order valence-electron chi connectivity index (χ0n) is 27.0. The average Bonchev–Trinajstić information content (AvgIpc) is 3.89. The zero-order chi connectivity index (χ0) is 33.5. The highest BCUT2D eigenvalue weighted by Gasteiger charge is 2.19. The fourth-order valence-corrected chi connectivity index (χ4v) is 9.80. The summed E-state index contributed by atoms with van der Waals surface area (Å²) in [5.41, 5.74) is 7.02. The topological polar surface area (TPSA) is 51.8 Å². The molecule has 4 nitrogen and oxygen atoms in total. The minimum Gasteiger partial charge on any atom is -0.455 e. The Bertz CT molecular complexity index is 3160. The highest BCUT2D eigenvalue weighted by molar-refractivity contribution is 7.26. The molecule has 0 aliphatic rings. The summed E-state index contributed by atoms with van der Waals surface area (Å²) >= 11 is 3.58. The summed E-state index contributed by atoms with van der Waals surface area (Å²) in [6.45, 7) is 0. The fraction of sp³-hybridized carbons (Fsp3) is 0. The summed E-state index contributed by atoms with van der Waals surface area (Å²) in [6, 6.07) is 53.1. The third kappa shape index (κ3) is 4.47. The number of aromatic nitrogens is 3. The molecular weight excluding hydrogens is 663 g/mol. The van der Waals surface area contributed by atoms with Crippen LogP contribution in [-0.4, -0.2) is 15.0 Å². The summed E-state index contributed by atoms with van der Waals surface area (Å²) in [5, 5.41) is 7.18. The first-order chi connectivity index (χ1) is 25.3. The summed E-state index contributed by atoms with van der Waals surface area (Å²) < 4.78 is 11.3. The molecule has 4 aromatic heterocycles. The van der Waals surface area contributed by atoms with E-state index in [-0.39, 0.29) is 0 Å². The molecule has 6 heteroatoms. The Morgan fingerprint density at radius 3 is 1.96 bits per heavy atom. The number of para-hydroxylation sites is 2. The van der Waals surface area contributed by atoms with Crippen molar-refractivity contribution in [3.8, 4) is 45.3 Å². The van der Waals surface area contributed by atoms with Gasteiger partial charge in [-0.05, 0) is 35.9 Å². The fourth-order valence-electron chi connectivity index (χ4n) is 7.41. The van der Waals surface area contributed by atoms with Crippen LogP contribution in [0.5, 0.6) is 0 Å². The van der Waals surface area contributed by atoms with Gasteiger partial charge in [-0.3, -0.25) is 0 Å². The van der Waals surface area contributed by atoms with Crippen molar-refractivity contribution in [1.29, 1.82) is 0 Å². The molecule has 0 atom stereocenters. The average molecular weight is 688 g/mol. The molecule has 0 saturated heterocycles. The molecule has 7 aromatic carbocycles. The minimum atomic E-state index is 0.656. The van der Waals surface area contributed by atoms with Crippen molar-refractivity contribution in [3.05, 3.63) is 152 Å². The Hall–Kier alpha value is -6.21. The number of fused-ring (bicyclic) bond motifs is 9. The Balaban J connectivity index is 1.10. The third-order valence-electron chi connectivity index (χ3n) is 9.76. The lowest BCUT2D eigenvalue weighted by Gasteiger charge is -2.09. The Morgan fingerprint density at radius 2 is 1.06 bits per heavy atom. The maximum absolute atomic E-state index is 6.47. The molecule has 11 rings (SSSR count). The van der Waals surface area contributed by atoms with E-state index < -0.39 is 0 Å². The lowest BCUT2D eigenvalue weighted by Crippen LogP contribution is -2.00. The van der Waals surface area contributed by atoms with Gasteiger partial charge in [0.25, 0.3) is 0 Å². The van der Waals surface area contributed by atoms with Crippen molar-refractivity contribution in [2.24, 2.45) is 0 Å². The van der Waals surface area contributed by atoms with E-state index >= 15 is 0 Å². The summed E-state index contributed by atoms with van der Waals surface area (Å²) in [4.78, 5) is 15.3. The second kappa shape index (κ2) is 11.2. The third-order valence-corrected chi connectivity index (χ3v) is 12.1. The first-order valence-electron chi connectivity index (χ1n) is 16.9. The molecule has 4 heterocycles. The number of nitrogens with zero attached hydrogens (tertiary/aromatic N) is 3. The standard InChI is InChI=1S/C45H25N3OS2/c1-2-11-26(12-3-1)43-46-44(48-45(47-43)35-19-9-18-33-29-14-5-7-21-37(29)51-42(33)35)27-23-24-34-39(25-27)50-38-22-10-15-30(40(34)38)32-17-8-16-31-28-13-4-6-20-36(28)49-41(31)32/h1-25H. The van der Waals surface area contributed by atoms with Crippen LogP contribution in [0.4, 0.5) is 0 Å². The molecule has 0 fully saturated rings. The van der Waals surface area contributed by atoms with Crippen LogP contribution in [0.25, 0.3) is 108 Å². The van der Waals surface area contributed by atoms with Crippen molar-refractivity contribution in [2.75, 3.05) is 0 Å². The van der Waals surface area contributed by atoms with E-state index in [2.05, 4.69) is 121 Å². The minimum absolute atomic E-state index is 0.656. The normalized spacial score (nSPS) is 11.9. The van der Waals surface area contributed by atoms with Crippen molar-refractivity contribution in [2.45, 2.75) is 0 Å². The highest BCUT2D eigenvalue weighted by atomic mass is 32.1. The Kier molecular flexibility index (Phi) is 6.26. The number of hydrogen-bond acceptors (Lipinski definition) is 6. The molecule has 51 heavy (non-hydrogen) atoms. The van der Waals surface area contributed by atoms with Gasteiger partial charge in [-0.25, -0.2) is 15.0 Å². The van der Waals surface area contributed by atoms with E-state index in [1.54, 1.807) is 22.7 Å². The molecule has 238 valence electrons. The zero-order valence-corrected chi connectivity index (χ0v) is 28.6. The lowest BCUT2D eigenvalue weighted by molar-refractivity contribution is 0.670. The van der Waals surface area contributed by atoms with Gasteiger partial charge < -0.3 is 4.42 Å². The summed E-state index contributed by atoms with van der Waals surface area (Å²) in [6.07, 6.45) is 0. The maximum atomic E-state index is 6.47. The van der Waals surface area contributed by atoms with Crippen LogP contribution in [-0.2, 0) is 0 Å². The smallest absolute Gasteiger partial charge is 0.165 e. The van der Waals surface area contributed by atoms with Gasteiger partial charge in [0, 0.05) is 73.4 Å². The molecule has 0 amide bonds. The van der Waals surface area contributed by atoms with Crippen LogP contribution in [0.3, 0.4) is 0 Å². The monoisotopic (exact) mass is 687 g/mol. The van der Waals surface area contributed by atoms with Gasteiger partial charge >= 0.3 is 0 Å². The Morgan fingerprint density at radius 1 is 0.392 bits per heavy atom. The van der Waals surface area contributed by atoms with Gasteiger partial charge in [0.1, 0.15) is 11.2 Å². The van der Waals surface area contributed by atoms with E-state index in [9.17, 15) is 0 Å². The van der Waals surface area contributed by atoms with Gasteiger partial charge in [0.05, 0.1) is 0 Å². The van der Waals surface area contributed by atoms with Crippen molar-refractivity contribution in [1.82, 2.24) is 15.0 Å². The van der Waals surface area contributed by atoms with Crippen LogP contribution in [0.1, 0.15) is 0 Å². The van der Waals surface area contributed by atoms with Crippen molar-refractivity contribution >= 4 is 85.0 Å². The van der Waals surface area contributed by atoms with Crippen molar-refractivity contribution < 1.29 is 4.42 Å². The van der Waals surface area contributed by atoms with Gasteiger partial charge in [0.2, 0.25) is 0 Å². The largest absolute Gasteiger partial charge is 0.455 e. The summed E-state index contributed by atoms with van der Waals surface area (Å²) in [7, 11) is 0. The quantitative estimate of drug-likeness (QED) is 0.185. The lowest BCUT2D eigenvalue weighted by atomic mass is 9.97. The SMILES string of the molecule is c1ccc(-c2nc(-c3ccc4c(c3)sc3cccc(-c5cccc6c5oc5ccccc56)c34)nc(-c3cccc4c3sc3ccccc34)n2)cc1. The second-order valence-electron chi connectivity index (χ2n) is 12.7. The number of hydrogen-bond donors (Lipinski definition) is 0. The summed E-state index contributed by atoms with van der Waals surface area (Å²) in [5.74, 6) is 1.99. The molecule has 0 spiro atoms. The number of furan rings is 1. The van der Waals surface area contributed by atoms with Crippen LogP contribution in [0, 0.1) is 0 Å². The number of thiophene rings is 2. The van der Waals surface area contributed by atoms with Crippen LogP contribution in [0.15, 0.2) is 156 Å². The number of benzene rings is 7. The van der Waals surface area contributed by atoms with Crippen LogP contribution >= 0.6 is 22.7 Å². The maximum Gasteiger partial charge on any atom is 0.165 e. The first-order valence-corrected chi connectivity index (χ1v) is 18.5. The predicted molar refractivity (Wildman–Crippen MR) is 215 cm³/mol. The van der Waals surface area contributed by atoms with E-state index in [4.69, 9.17) is 19.4 Å². The second-order valence-corrected chi connectivity index (χ2v) is 14.9. The molecule has 0 aliphatic carbocycles. The molecule has 11 aromatic rings. The van der Waals surface area contributed by atoms with E-state index in [0.29, 0.717) is 17.5 Å². The molecule has 0 aliphatic heterocycles. The first kappa shape index (κ1) is 28.6. The highest BCUT2D eigenvalue weighted by Crippen LogP contribution is 2.45. The van der Waals surface area contributed by atoms with Gasteiger partial charge in [0.15, 0.2) is 17.5 Å². The Labute approximate surface area is 299 Å². The van der Waals surface area contributed by atoms with Gasteiger partial charge in [-0.15, -0.1) is 22.7 Å². The molecule has 0 unspecified atom stereocenters. The van der Waals surface area contributed by atoms with E-state index in [0.717, 1.165) is 44.2 Å². The molecule has 0 radical (unpaired) electrons. The van der Waals surface area contributed by atoms with Gasteiger partial charge in [-0.1, -0.05) is 121 Å². The van der Waals surface area contributed by atoms with Crippen LogP contribution in [0.2, 0.25) is 0 Å². The predicted octanol–water partition coefficient (Wildman–Crippen LogP) is 13.2. The van der Waals surface area contributed by atoms with E-state index in [1.165, 1.54) is 45.9 Å². The number of rotatable bonds is 4. The van der Waals surface area contributed by atoms with Crippen molar-refractivity contribution in [3.63, 3.8) is 0 Å². The molecule has 0 N–H and O–H groups in total. The molecular formula is C45H25N3OS2. The molecule has 0 saturated carbocycles.